The van der Waals surface area contributed by atoms with Crippen LogP contribution in [0.5, 0.6) is 0 Å². The molecule has 17 heavy (non-hydrogen) atoms. The molecule has 0 bridgehead atoms. The molecular weight excluding hydrogens is 226 g/mol. The molecule has 1 aliphatic rings. The number of thioether (sulfide) groups is 1. The Morgan fingerprint density at radius 3 is 2.71 bits per heavy atom. The van der Waals surface area contributed by atoms with E-state index < -0.39 is 0 Å². The third kappa shape index (κ3) is 3.75. The lowest BCUT2D eigenvalue weighted by Gasteiger charge is -2.23. The van der Waals surface area contributed by atoms with Crippen LogP contribution >= 0.6 is 11.8 Å². The average Bonchev–Trinajstić information content (AvgIpc) is 2.85. The summed E-state index contributed by atoms with van der Waals surface area (Å²) in [6.07, 6.45) is 3.95. The molecule has 2 rings (SSSR count). The molecule has 94 valence electrons. The maximum absolute atomic E-state index is 3.67. The molecular formula is C15H23NS. The molecule has 0 radical (unpaired) electrons. The van der Waals surface area contributed by atoms with Crippen molar-refractivity contribution < 1.29 is 0 Å². The van der Waals surface area contributed by atoms with Gasteiger partial charge in [-0.2, -0.15) is 11.8 Å². The molecule has 0 amide bonds. The first-order valence-corrected chi connectivity index (χ1v) is 7.75. The van der Waals surface area contributed by atoms with Gasteiger partial charge in [-0.3, -0.25) is 0 Å². The maximum atomic E-state index is 3.67. The number of aryl methyl sites for hydroxylation is 1. The summed E-state index contributed by atoms with van der Waals surface area (Å²) in [5, 5.41) is 4.48. The zero-order valence-corrected chi connectivity index (χ0v) is 11.7. The van der Waals surface area contributed by atoms with Gasteiger partial charge in [-0.25, -0.2) is 0 Å². The maximum Gasteiger partial charge on any atom is 0.0226 e. The first kappa shape index (κ1) is 13.0. The Bertz CT molecular complexity index is 327. The van der Waals surface area contributed by atoms with Crippen LogP contribution < -0.4 is 5.32 Å². The van der Waals surface area contributed by atoms with Crippen molar-refractivity contribution in [3.05, 3.63) is 35.4 Å². The second-order valence-corrected chi connectivity index (χ2v) is 6.25. The number of nitrogens with one attached hydrogen (secondary N) is 1. The van der Waals surface area contributed by atoms with Gasteiger partial charge in [0.25, 0.3) is 0 Å². The number of benzene rings is 1. The van der Waals surface area contributed by atoms with Crippen molar-refractivity contribution in [2.24, 2.45) is 0 Å². The zero-order valence-electron chi connectivity index (χ0n) is 10.9. The molecule has 1 aromatic rings. The van der Waals surface area contributed by atoms with Crippen molar-refractivity contribution in [1.82, 2.24) is 5.32 Å². The highest BCUT2D eigenvalue weighted by molar-refractivity contribution is 8.00. The third-order valence-corrected chi connectivity index (χ3v) is 4.97. The molecule has 0 aromatic heterocycles. The second-order valence-electron chi connectivity index (χ2n) is 4.91. The van der Waals surface area contributed by atoms with Gasteiger partial charge in [-0.15, -0.1) is 0 Å². The van der Waals surface area contributed by atoms with Crippen LogP contribution in [0.3, 0.4) is 0 Å². The van der Waals surface area contributed by atoms with E-state index in [0.29, 0.717) is 6.04 Å². The minimum atomic E-state index is 0.648. The zero-order chi connectivity index (χ0) is 12.1. The van der Waals surface area contributed by atoms with E-state index in [0.717, 1.165) is 11.8 Å². The van der Waals surface area contributed by atoms with Crippen molar-refractivity contribution >= 4 is 11.8 Å². The molecule has 2 atom stereocenters. The summed E-state index contributed by atoms with van der Waals surface area (Å²) < 4.78 is 0. The van der Waals surface area contributed by atoms with E-state index >= 15 is 0 Å². The van der Waals surface area contributed by atoms with Gasteiger partial charge >= 0.3 is 0 Å². The smallest absolute Gasteiger partial charge is 0.0226 e. The molecule has 1 aromatic carbocycles. The summed E-state index contributed by atoms with van der Waals surface area (Å²) in [7, 11) is 0. The minimum absolute atomic E-state index is 0.648. The van der Waals surface area contributed by atoms with E-state index in [1.165, 1.54) is 36.1 Å². The van der Waals surface area contributed by atoms with Crippen molar-refractivity contribution in [2.75, 3.05) is 12.3 Å². The predicted molar refractivity (Wildman–Crippen MR) is 77.8 cm³/mol. The van der Waals surface area contributed by atoms with E-state index in [1.807, 2.05) is 0 Å². The van der Waals surface area contributed by atoms with Crippen molar-refractivity contribution in [3.63, 3.8) is 0 Å². The summed E-state index contributed by atoms with van der Waals surface area (Å²) >= 11 is 2.15. The molecule has 0 aliphatic carbocycles. The molecule has 1 nitrogen and oxygen atoms in total. The topological polar surface area (TPSA) is 12.0 Å². The first-order chi connectivity index (χ1) is 8.29. The van der Waals surface area contributed by atoms with Gasteiger partial charge in [-0.05, 0) is 44.0 Å². The van der Waals surface area contributed by atoms with Crippen LogP contribution in [0.1, 0.15) is 30.9 Å². The quantitative estimate of drug-likeness (QED) is 0.858. The summed E-state index contributed by atoms with van der Waals surface area (Å²) in [6.45, 7) is 5.44. The van der Waals surface area contributed by atoms with Gasteiger partial charge in [0.05, 0.1) is 0 Å². The van der Waals surface area contributed by atoms with E-state index in [4.69, 9.17) is 0 Å². The fourth-order valence-corrected chi connectivity index (χ4v) is 3.89. The Morgan fingerprint density at radius 1 is 1.35 bits per heavy atom. The molecule has 2 heteroatoms. The van der Waals surface area contributed by atoms with Gasteiger partial charge in [0, 0.05) is 11.3 Å². The van der Waals surface area contributed by atoms with Crippen LogP contribution in [0.15, 0.2) is 24.3 Å². The SMILES string of the molecule is CCNC(Cc1ccc(C)cc1)C1CCCS1. The molecule has 1 heterocycles. The van der Waals surface area contributed by atoms with E-state index in [9.17, 15) is 0 Å². The number of hydrogen-bond donors (Lipinski definition) is 1. The fraction of sp³-hybridized carbons (Fsp3) is 0.600. The van der Waals surface area contributed by atoms with E-state index in [2.05, 4.69) is 55.2 Å². The van der Waals surface area contributed by atoms with Crippen LogP contribution in [-0.2, 0) is 6.42 Å². The fourth-order valence-electron chi connectivity index (χ4n) is 2.50. The Balaban J connectivity index is 1.98. The van der Waals surface area contributed by atoms with Crippen molar-refractivity contribution in [2.45, 2.75) is 44.4 Å². The molecule has 0 spiro atoms. The monoisotopic (exact) mass is 249 g/mol. The lowest BCUT2D eigenvalue weighted by molar-refractivity contribution is 0.495. The molecule has 1 fully saturated rings. The normalized spacial score (nSPS) is 21.6. The molecule has 2 unspecified atom stereocenters. The van der Waals surface area contributed by atoms with Gasteiger partial charge in [0.1, 0.15) is 0 Å². The lowest BCUT2D eigenvalue weighted by Crippen LogP contribution is -2.38. The molecule has 1 N–H and O–H groups in total. The predicted octanol–water partition coefficient (Wildman–Crippen LogP) is 3.41. The Hall–Kier alpha value is -0.470. The molecule has 1 saturated heterocycles. The number of hydrogen-bond acceptors (Lipinski definition) is 2. The van der Waals surface area contributed by atoms with Crippen LogP contribution in [-0.4, -0.2) is 23.6 Å². The summed E-state index contributed by atoms with van der Waals surface area (Å²) in [5.41, 5.74) is 2.82. The van der Waals surface area contributed by atoms with Gasteiger partial charge in [-0.1, -0.05) is 36.8 Å². The summed E-state index contributed by atoms with van der Waals surface area (Å²) in [5.74, 6) is 1.35. The third-order valence-electron chi connectivity index (χ3n) is 3.46. The van der Waals surface area contributed by atoms with E-state index in [-0.39, 0.29) is 0 Å². The Labute approximate surface area is 109 Å². The second kappa shape index (κ2) is 6.46. The van der Waals surface area contributed by atoms with Crippen molar-refractivity contribution in [1.29, 1.82) is 0 Å². The van der Waals surface area contributed by atoms with Crippen LogP contribution in [0.25, 0.3) is 0 Å². The van der Waals surface area contributed by atoms with Crippen LogP contribution in [0.4, 0.5) is 0 Å². The Kier molecular flexibility index (Phi) is 4.93. The molecule has 1 aliphatic heterocycles. The van der Waals surface area contributed by atoms with Crippen molar-refractivity contribution in [3.8, 4) is 0 Å². The van der Waals surface area contributed by atoms with Gasteiger partial charge < -0.3 is 5.32 Å². The largest absolute Gasteiger partial charge is 0.313 e. The first-order valence-electron chi connectivity index (χ1n) is 6.70. The number of likely N-dealkylation sites (N-methyl/N-ethyl adjacent to an activating group) is 1. The minimum Gasteiger partial charge on any atom is -0.313 e. The lowest BCUT2D eigenvalue weighted by atomic mass is 10.00. The Morgan fingerprint density at radius 2 is 2.12 bits per heavy atom. The van der Waals surface area contributed by atoms with Gasteiger partial charge in [0.15, 0.2) is 0 Å². The average molecular weight is 249 g/mol. The summed E-state index contributed by atoms with van der Waals surface area (Å²) in [6, 6.07) is 9.65. The van der Waals surface area contributed by atoms with Crippen LogP contribution in [0, 0.1) is 6.92 Å². The van der Waals surface area contributed by atoms with Crippen LogP contribution in [0.2, 0.25) is 0 Å². The van der Waals surface area contributed by atoms with Gasteiger partial charge in [0.2, 0.25) is 0 Å². The highest BCUT2D eigenvalue weighted by atomic mass is 32.2. The standard InChI is InChI=1S/C15H23NS/c1-3-16-14(15-5-4-10-17-15)11-13-8-6-12(2)7-9-13/h6-9,14-16H,3-5,10-11H2,1-2H3. The molecule has 0 saturated carbocycles. The highest BCUT2D eigenvalue weighted by Gasteiger charge is 2.24. The number of rotatable bonds is 5. The highest BCUT2D eigenvalue weighted by Crippen LogP contribution is 2.30. The summed E-state index contributed by atoms with van der Waals surface area (Å²) in [4.78, 5) is 0. The van der Waals surface area contributed by atoms with E-state index in [1.54, 1.807) is 0 Å².